The van der Waals surface area contributed by atoms with Gasteiger partial charge in [0, 0.05) is 28.9 Å². The first-order valence-corrected chi connectivity index (χ1v) is 6.38. The predicted molar refractivity (Wildman–Crippen MR) is 71.1 cm³/mol. The maximum Gasteiger partial charge on any atom is 0.123 e. The van der Waals surface area contributed by atoms with E-state index < -0.39 is 0 Å². The maximum atomic E-state index is 4.38. The predicted octanol–water partition coefficient (Wildman–Crippen LogP) is 3.94. The van der Waals surface area contributed by atoms with E-state index in [4.69, 9.17) is 0 Å². The molecule has 3 heteroatoms. The molecule has 0 radical (unpaired) electrons. The van der Waals surface area contributed by atoms with Gasteiger partial charge in [-0.1, -0.05) is 6.92 Å². The standard InChI is InChI=1S/C13H16N2S/c1-3-8-14-12-6-4-11(5-7-12)13-15-9-10(2)16-13/h4-7,9,14H,3,8H2,1-2H3. The maximum absolute atomic E-state index is 4.38. The lowest BCUT2D eigenvalue weighted by atomic mass is 10.2. The Morgan fingerprint density at radius 1 is 1.25 bits per heavy atom. The summed E-state index contributed by atoms with van der Waals surface area (Å²) in [6.45, 7) is 5.27. The molecule has 0 atom stereocenters. The van der Waals surface area contributed by atoms with Crippen LogP contribution in [0.1, 0.15) is 18.2 Å². The smallest absolute Gasteiger partial charge is 0.123 e. The van der Waals surface area contributed by atoms with Gasteiger partial charge in [-0.05, 0) is 37.6 Å². The lowest BCUT2D eigenvalue weighted by Gasteiger charge is -2.04. The molecule has 0 saturated carbocycles. The number of benzene rings is 1. The minimum atomic E-state index is 1.02. The molecule has 0 saturated heterocycles. The summed E-state index contributed by atoms with van der Waals surface area (Å²) in [5, 5.41) is 4.46. The molecule has 1 heterocycles. The molecule has 84 valence electrons. The van der Waals surface area contributed by atoms with Crippen molar-refractivity contribution in [3.05, 3.63) is 35.3 Å². The van der Waals surface area contributed by atoms with Crippen molar-refractivity contribution in [2.24, 2.45) is 0 Å². The molecule has 2 nitrogen and oxygen atoms in total. The summed E-state index contributed by atoms with van der Waals surface area (Å²) in [5.41, 5.74) is 2.37. The van der Waals surface area contributed by atoms with Crippen molar-refractivity contribution in [3.8, 4) is 10.6 Å². The van der Waals surface area contributed by atoms with Crippen molar-refractivity contribution in [2.75, 3.05) is 11.9 Å². The number of hydrogen-bond donors (Lipinski definition) is 1. The number of aromatic nitrogens is 1. The highest BCUT2D eigenvalue weighted by Crippen LogP contribution is 2.25. The molecule has 0 fully saturated rings. The van der Waals surface area contributed by atoms with Gasteiger partial charge >= 0.3 is 0 Å². The Bertz CT molecular complexity index is 445. The van der Waals surface area contributed by atoms with Gasteiger partial charge in [-0.3, -0.25) is 0 Å². The Labute approximate surface area is 100 Å². The Kier molecular flexibility index (Phi) is 3.57. The zero-order valence-corrected chi connectivity index (χ0v) is 10.5. The number of rotatable bonds is 4. The van der Waals surface area contributed by atoms with Crippen LogP contribution in [0.15, 0.2) is 30.5 Å². The van der Waals surface area contributed by atoms with Crippen LogP contribution in [-0.4, -0.2) is 11.5 Å². The second-order valence-corrected chi connectivity index (χ2v) is 5.01. The first kappa shape index (κ1) is 11.1. The minimum absolute atomic E-state index is 1.02. The normalized spacial score (nSPS) is 10.4. The fourth-order valence-electron chi connectivity index (χ4n) is 1.49. The summed E-state index contributed by atoms with van der Waals surface area (Å²) in [6.07, 6.45) is 3.07. The number of thiazole rings is 1. The summed E-state index contributed by atoms with van der Waals surface area (Å²) in [7, 11) is 0. The third-order valence-electron chi connectivity index (χ3n) is 2.33. The molecule has 0 bridgehead atoms. The van der Waals surface area contributed by atoms with E-state index in [9.17, 15) is 0 Å². The van der Waals surface area contributed by atoms with Crippen molar-refractivity contribution in [2.45, 2.75) is 20.3 Å². The topological polar surface area (TPSA) is 24.9 Å². The largest absolute Gasteiger partial charge is 0.385 e. The number of anilines is 1. The van der Waals surface area contributed by atoms with Crippen LogP contribution in [0.5, 0.6) is 0 Å². The summed E-state index contributed by atoms with van der Waals surface area (Å²) in [4.78, 5) is 5.63. The highest BCUT2D eigenvalue weighted by molar-refractivity contribution is 7.14. The van der Waals surface area contributed by atoms with E-state index in [0.29, 0.717) is 0 Å². The fraction of sp³-hybridized carbons (Fsp3) is 0.308. The van der Waals surface area contributed by atoms with Crippen LogP contribution in [0.25, 0.3) is 10.6 Å². The summed E-state index contributed by atoms with van der Waals surface area (Å²) in [6, 6.07) is 8.47. The second-order valence-electron chi connectivity index (χ2n) is 3.78. The van der Waals surface area contributed by atoms with Crippen LogP contribution < -0.4 is 5.32 Å². The number of nitrogens with one attached hydrogen (secondary N) is 1. The molecule has 16 heavy (non-hydrogen) atoms. The van der Waals surface area contributed by atoms with Crippen molar-refractivity contribution < 1.29 is 0 Å². The first-order chi connectivity index (χ1) is 7.79. The molecule has 1 N–H and O–H groups in total. The molecule has 0 aliphatic carbocycles. The summed E-state index contributed by atoms with van der Waals surface area (Å²) >= 11 is 1.73. The van der Waals surface area contributed by atoms with E-state index in [1.807, 2.05) is 6.20 Å². The molecule has 2 rings (SSSR count). The van der Waals surface area contributed by atoms with Gasteiger partial charge in [-0.2, -0.15) is 0 Å². The molecule has 0 aliphatic rings. The van der Waals surface area contributed by atoms with Crippen molar-refractivity contribution in [1.29, 1.82) is 0 Å². The lowest BCUT2D eigenvalue weighted by Crippen LogP contribution is -1.98. The molecule has 0 amide bonds. The Morgan fingerprint density at radius 3 is 2.56 bits per heavy atom. The van der Waals surface area contributed by atoms with E-state index in [0.717, 1.165) is 18.0 Å². The lowest BCUT2D eigenvalue weighted by molar-refractivity contribution is 0.980. The van der Waals surface area contributed by atoms with Gasteiger partial charge in [0.05, 0.1) is 0 Å². The van der Waals surface area contributed by atoms with Gasteiger partial charge in [0.15, 0.2) is 0 Å². The van der Waals surface area contributed by atoms with E-state index in [2.05, 4.69) is 48.4 Å². The molecular weight excluding hydrogens is 216 g/mol. The highest BCUT2D eigenvalue weighted by Gasteiger charge is 2.01. The molecule has 0 unspecified atom stereocenters. The van der Waals surface area contributed by atoms with Gasteiger partial charge < -0.3 is 5.32 Å². The van der Waals surface area contributed by atoms with E-state index in [-0.39, 0.29) is 0 Å². The number of hydrogen-bond acceptors (Lipinski definition) is 3. The zero-order valence-electron chi connectivity index (χ0n) is 9.66. The van der Waals surface area contributed by atoms with Gasteiger partial charge in [0.25, 0.3) is 0 Å². The van der Waals surface area contributed by atoms with Crippen molar-refractivity contribution >= 4 is 17.0 Å². The van der Waals surface area contributed by atoms with Crippen molar-refractivity contribution in [3.63, 3.8) is 0 Å². The quantitative estimate of drug-likeness (QED) is 0.863. The number of aryl methyl sites for hydroxylation is 1. The second kappa shape index (κ2) is 5.12. The van der Waals surface area contributed by atoms with Gasteiger partial charge in [-0.25, -0.2) is 4.98 Å². The minimum Gasteiger partial charge on any atom is -0.385 e. The fourth-order valence-corrected chi connectivity index (χ4v) is 2.26. The van der Waals surface area contributed by atoms with Gasteiger partial charge in [-0.15, -0.1) is 11.3 Å². The molecule has 2 aromatic rings. The summed E-state index contributed by atoms with van der Waals surface area (Å²) < 4.78 is 0. The Morgan fingerprint density at radius 2 is 2.00 bits per heavy atom. The summed E-state index contributed by atoms with van der Waals surface area (Å²) in [5.74, 6) is 0. The molecular formula is C13H16N2S. The monoisotopic (exact) mass is 232 g/mol. The molecule has 0 spiro atoms. The van der Waals surface area contributed by atoms with Crippen LogP contribution >= 0.6 is 11.3 Å². The van der Waals surface area contributed by atoms with E-state index in [1.165, 1.54) is 16.1 Å². The van der Waals surface area contributed by atoms with E-state index in [1.54, 1.807) is 11.3 Å². The Balaban J connectivity index is 2.13. The average Bonchev–Trinajstić information content (AvgIpc) is 2.74. The first-order valence-electron chi connectivity index (χ1n) is 5.56. The van der Waals surface area contributed by atoms with Crippen LogP contribution in [0.3, 0.4) is 0 Å². The molecule has 1 aromatic carbocycles. The van der Waals surface area contributed by atoms with Crippen LogP contribution in [0.2, 0.25) is 0 Å². The average molecular weight is 232 g/mol. The third kappa shape index (κ3) is 2.61. The third-order valence-corrected chi connectivity index (χ3v) is 3.29. The van der Waals surface area contributed by atoms with Crippen LogP contribution in [0, 0.1) is 6.92 Å². The van der Waals surface area contributed by atoms with E-state index >= 15 is 0 Å². The van der Waals surface area contributed by atoms with Crippen molar-refractivity contribution in [1.82, 2.24) is 4.98 Å². The van der Waals surface area contributed by atoms with Gasteiger partial charge in [0.1, 0.15) is 5.01 Å². The number of nitrogens with zero attached hydrogens (tertiary/aromatic N) is 1. The SMILES string of the molecule is CCCNc1ccc(-c2ncc(C)s2)cc1. The van der Waals surface area contributed by atoms with Gasteiger partial charge in [0.2, 0.25) is 0 Å². The zero-order chi connectivity index (χ0) is 11.4. The molecule has 1 aromatic heterocycles. The Hall–Kier alpha value is -1.35. The molecule has 0 aliphatic heterocycles. The van der Waals surface area contributed by atoms with Crippen LogP contribution in [0.4, 0.5) is 5.69 Å². The highest BCUT2D eigenvalue weighted by atomic mass is 32.1. The van der Waals surface area contributed by atoms with Crippen LogP contribution in [-0.2, 0) is 0 Å².